The highest BCUT2D eigenvalue weighted by Crippen LogP contribution is 2.30. The molecule has 1 fully saturated rings. The third kappa shape index (κ3) is 4.43. The van der Waals surface area contributed by atoms with Gasteiger partial charge in [-0.05, 0) is 23.8 Å². The molecule has 0 unspecified atom stereocenters. The van der Waals surface area contributed by atoms with Gasteiger partial charge < -0.3 is 14.5 Å². The second-order valence-electron chi connectivity index (χ2n) is 6.74. The summed E-state index contributed by atoms with van der Waals surface area (Å²) in [5.74, 6) is 0.794. The first-order valence-corrected chi connectivity index (χ1v) is 9.90. The van der Waals surface area contributed by atoms with E-state index in [1.54, 1.807) is 0 Å². The molecule has 0 aliphatic carbocycles. The molecule has 2 aromatic carbocycles. The average Bonchev–Trinajstić information content (AvgIpc) is 3.20. The van der Waals surface area contributed by atoms with Crippen LogP contribution in [0.3, 0.4) is 0 Å². The first-order chi connectivity index (χ1) is 14.3. The fraction of sp³-hybridized carbons (Fsp3) is 0.273. The molecule has 148 valence electrons. The Labute approximate surface area is 174 Å². The predicted molar refractivity (Wildman–Crippen MR) is 112 cm³/mol. The van der Waals surface area contributed by atoms with Gasteiger partial charge in [0, 0.05) is 30.2 Å². The molecule has 0 spiro atoms. The van der Waals surface area contributed by atoms with Crippen LogP contribution in [0.4, 0.5) is 5.88 Å². The predicted octanol–water partition coefficient (Wildman–Crippen LogP) is 4.35. The number of nitriles is 1. The Morgan fingerprint density at radius 3 is 2.55 bits per heavy atom. The quantitative estimate of drug-likeness (QED) is 0.653. The highest BCUT2D eigenvalue weighted by atomic mass is 35.5. The molecule has 1 atom stereocenters. The van der Waals surface area contributed by atoms with Crippen molar-refractivity contribution in [2.75, 3.05) is 38.2 Å². The molecule has 1 N–H and O–H groups in total. The minimum absolute atomic E-state index is 0.0180. The van der Waals surface area contributed by atoms with Gasteiger partial charge in [0.1, 0.15) is 6.07 Å². The lowest BCUT2D eigenvalue weighted by Gasteiger charge is -2.35. The zero-order valence-electron chi connectivity index (χ0n) is 15.8. The standard InChI is InChI=1S/C22H21ClN4O2/c23-18-9-5-4-8-17(18)20(27-10-12-28-13-11-27)15-25-22-19(14-24)26-21(29-22)16-6-2-1-3-7-16/h1-9,20,25H,10-13,15H2/t20-/m0/s1. The molecule has 0 saturated carbocycles. The largest absolute Gasteiger partial charge is 0.419 e. The molecule has 3 aromatic rings. The fourth-order valence-electron chi connectivity index (χ4n) is 3.48. The number of hydrogen-bond donors (Lipinski definition) is 1. The first kappa shape index (κ1) is 19.5. The van der Waals surface area contributed by atoms with Gasteiger partial charge in [-0.3, -0.25) is 4.90 Å². The molecular weight excluding hydrogens is 388 g/mol. The van der Waals surface area contributed by atoms with E-state index in [-0.39, 0.29) is 11.7 Å². The summed E-state index contributed by atoms with van der Waals surface area (Å²) in [6.07, 6.45) is 0. The third-order valence-corrected chi connectivity index (χ3v) is 5.30. The lowest BCUT2D eigenvalue weighted by Crippen LogP contribution is -2.41. The van der Waals surface area contributed by atoms with Crippen LogP contribution in [0, 0.1) is 11.3 Å². The van der Waals surface area contributed by atoms with Crippen molar-refractivity contribution in [3.63, 3.8) is 0 Å². The van der Waals surface area contributed by atoms with Crippen molar-refractivity contribution in [1.82, 2.24) is 9.88 Å². The van der Waals surface area contributed by atoms with Gasteiger partial charge >= 0.3 is 0 Å². The van der Waals surface area contributed by atoms with Crippen molar-refractivity contribution >= 4 is 17.5 Å². The van der Waals surface area contributed by atoms with E-state index in [1.807, 2.05) is 54.6 Å². The van der Waals surface area contributed by atoms with E-state index < -0.39 is 0 Å². The minimum Gasteiger partial charge on any atom is -0.419 e. The van der Waals surface area contributed by atoms with Crippen molar-refractivity contribution in [2.24, 2.45) is 0 Å². The number of nitrogens with zero attached hydrogens (tertiary/aromatic N) is 3. The van der Waals surface area contributed by atoms with Gasteiger partial charge in [-0.1, -0.05) is 48.0 Å². The SMILES string of the molecule is N#Cc1nc(-c2ccccc2)oc1NC[C@@H](c1ccccc1Cl)N1CCOCC1. The zero-order valence-corrected chi connectivity index (χ0v) is 16.6. The van der Waals surface area contributed by atoms with Gasteiger partial charge in [0.2, 0.25) is 17.5 Å². The topological polar surface area (TPSA) is 74.3 Å². The second kappa shape index (κ2) is 9.10. The molecule has 1 saturated heterocycles. The molecule has 6 nitrogen and oxygen atoms in total. The third-order valence-electron chi connectivity index (χ3n) is 4.96. The van der Waals surface area contributed by atoms with Gasteiger partial charge in [0.05, 0.1) is 19.3 Å². The molecule has 1 aliphatic heterocycles. The van der Waals surface area contributed by atoms with Crippen LogP contribution < -0.4 is 5.32 Å². The van der Waals surface area contributed by atoms with E-state index in [4.69, 9.17) is 20.8 Å². The van der Waals surface area contributed by atoms with Crippen LogP contribution in [0.2, 0.25) is 5.02 Å². The van der Waals surface area contributed by atoms with Crippen LogP contribution in [-0.4, -0.2) is 42.7 Å². The number of halogens is 1. The Balaban J connectivity index is 1.58. The molecular formula is C22H21ClN4O2. The van der Waals surface area contributed by atoms with Crippen LogP contribution >= 0.6 is 11.6 Å². The maximum absolute atomic E-state index is 9.49. The van der Waals surface area contributed by atoms with E-state index in [1.165, 1.54) is 0 Å². The van der Waals surface area contributed by atoms with Crippen LogP contribution in [0.25, 0.3) is 11.5 Å². The first-order valence-electron chi connectivity index (χ1n) is 9.52. The van der Waals surface area contributed by atoms with Crippen LogP contribution in [0.1, 0.15) is 17.3 Å². The van der Waals surface area contributed by atoms with E-state index >= 15 is 0 Å². The number of hydrogen-bond acceptors (Lipinski definition) is 6. The minimum atomic E-state index is 0.0180. The van der Waals surface area contributed by atoms with Crippen LogP contribution in [0.15, 0.2) is 59.0 Å². The molecule has 1 aliphatic rings. The lowest BCUT2D eigenvalue weighted by atomic mass is 10.0. The highest BCUT2D eigenvalue weighted by molar-refractivity contribution is 6.31. The highest BCUT2D eigenvalue weighted by Gasteiger charge is 2.25. The monoisotopic (exact) mass is 408 g/mol. The molecule has 2 heterocycles. The Hall–Kier alpha value is -2.85. The van der Waals surface area contributed by atoms with Crippen molar-refractivity contribution in [3.8, 4) is 17.5 Å². The Morgan fingerprint density at radius 2 is 1.83 bits per heavy atom. The fourth-order valence-corrected chi connectivity index (χ4v) is 3.74. The zero-order chi connectivity index (χ0) is 20.1. The molecule has 0 bridgehead atoms. The van der Waals surface area contributed by atoms with E-state index in [2.05, 4.69) is 21.3 Å². The van der Waals surface area contributed by atoms with Gasteiger partial charge in [-0.15, -0.1) is 0 Å². The molecule has 4 rings (SSSR count). The number of anilines is 1. The summed E-state index contributed by atoms with van der Waals surface area (Å²) in [4.78, 5) is 6.66. The Kier molecular flexibility index (Phi) is 6.11. The molecule has 0 amide bonds. The molecule has 1 aromatic heterocycles. The van der Waals surface area contributed by atoms with Crippen molar-refractivity contribution in [1.29, 1.82) is 5.26 Å². The van der Waals surface area contributed by atoms with Gasteiger partial charge in [0.25, 0.3) is 0 Å². The van der Waals surface area contributed by atoms with Crippen molar-refractivity contribution < 1.29 is 9.15 Å². The Morgan fingerprint density at radius 1 is 1.10 bits per heavy atom. The van der Waals surface area contributed by atoms with Gasteiger partial charge in [0.15, 0.2) is 0 Å². The average molecular weight is 409 g/mol. The molecule has 7 heteroatoms. The molecule has 29 heavy (non-hydrogen) atoms. The lowest BCUT2D eigenvalue weighted by molar-refractivity contribution is 0.0186. The number of aromatic nitrogens is 1. The summed E-state index contributed by atoms with van der Waals surface area (Å²) in [6.45, 7) is 3.53. The maximum atomic E-state index is 9.49. The summed E-state index contributed by atoms with van der Waals surface area (Å²) in [6, 6.07) is 19.5. The summed E-state index contributed by atoms with van der Waals surface area (Å²) in [7, 11) is 0. The maximum Gasteiger partial charge on any atom is 0.232 e. The summed E-state index contributed by atoms with van der Waals surface area (Å²) in [5.41, 5.74) is 2.10. The molecule has 0 radical (unpaired) electrons. The number of nitrogens with one attached hydrogen (secondary N) is 1. The summed E-state index contributed by atoms with van der Waals surface area (Å²) >= 11 is 6.49. The summed E-state index contributed by atoms with van der Waals surface area (Å²) < 4.78 is 11.4. The van der Waals surface area contributed by atoms with E-state index in [9.17, 15) is 5.26 Å². The van der Waals surface area contributed by atoms with Gasteiger partial charge in [-0.25, -0.2) is 0 Å². The number of ether oxygens (including phenoxy) is 1. The number of morpholine rings is 1. The smallest absolute Gasteiger partial charge is 0.232 e. The summed E-state index contributed by atoms with van der Waals surface area (Å²) in [5, 5.41) is 13.5. The number of rotatable bonds is 6. The van der Waals surface area contributed by atoms with Crippen LogP contribution in [0.5, 0.6) is 0 Å². The number of oxazole rings is 1. The van der Waals surface area contributed by atoms with E-state index in [0.29, 0.717) is 36.6 Å². The van der Waals surface area contributed by atoms with Crippen molar-refractivity contribution in [3.05, 3.63) is 70.9 Å². The van der Waals surface area contributed by atoms with Gasteiger partial charge in [-0.2, -0.15) is 10.2 Å². The number of benzene rings is 2. The van der Waals surface area contributed by atoms with E-state index in [0.717, 1.165) is 24.2 Å². The van der Waals surface area contributed by atoms with Crippen LogP contribution in [-0.2, 0) is 4.74 Å². The second-order valence-corrected chi connectivity index (χ2v) is 7.15. The van der Waals surface area contributed by atoms with Crippen molar-refractivity contribution in [2.45, 2.75) is 6.04 Å². The normalized spacial score (nSPS) is 15.6. The Bertz CT molecular complexity index is 994.